The Morgan fingerprint density at radius 3 is 2.24 bits per heavy atom. The van der Waals surface area contributed by atoms with E-state index >= 15 is 0 Å². The molecule has 0 amide bonds. The van der Waals surface area contributed by atoms with Gasteiger partial charge >= 0.3 is 5.97 Å². The fourth-order valence-electron chi connectivity index (χ4n) is 7.51. The predicted octanol–water partition coefficient (Wildman–Crippen LogP) is 5.19. The van der Waals surface area contributed by atoms with Crippen molar-refractivity contribution >= 4 is 22.8 Å². The number of esters is 1. The van der Waals surface area contributed by atoms with Gasteiger partial charge in [0.15, 0.2) is 5.82 Å². The van der Waals surface area contributed by atoms with Crippen molar-refractivity contribution in [3.8, 4) is 0 Å². The standard InChI is InChI=1S/C33H42N4O4/c38-21-29(33(40)41-22-23-11-5-4-6-12-23)35-31-32(39)37(30-16-10-9-15-28(30)34-31)27-19-25-17-18-26(20-27)36(25)24-13-7-2-1-3-8-14-24/h4-6,9-12,15-16,24-27,29,38H,1-3,7-8,13-14,17-22H2,(H,34,35)/t25-,26+,27-,29-/m0/s1. The van der Waals surface area contributed by atoms with Crippen molar-refractivity contribution in [1.82, 2.24) is 14.5 Å². The number of benzene rings is 2. The van der Waals surface area contributed by atoms with Crippen LogP contribution >= 0.6 is 0 Å². The fraction of sp³-hybridized carbons (Fsp3) is 0.545. The molecule has 4 atom stereocenters. The van der Waals surface area contributed by atoms with Crippen molar-refractivity contribution in [2.45, 2.75) is 107 Å². The van der Waals surface area contributed by atoms with Crippen LogP contribution in [0.1, 0.15) is 82.2 Å². The Morgan fingerprint density at radius 1 is 0.878 bits per heavy atom. The summed E-state index contributed by atoms with van der Waals surface area (Å²) in [5, 5.41) is 13.0. The minimum Gasteiger partial charge on any atom is -0.459 e. The highest BCUT2D eigenvalue weighted by Gasteiger charge is 2.44. The topological polar surface area (TPSA) is 96.7 Å². The van der Waals surface area contributed by atoms with Gasteiger partial charge in [-0.25, -0.2) is 9.78 Å². The van der Waals surface area contributed by atoms with Crippen molar-refractivity contribution in [3.63, 3.8) is 0 Å². The van der Waals surface area contributed by atoms with Crippen LogP contribution < -0.4 is 10.9 Å². The number of anilines is 1. The van der Waals surface area contributed by atoms with Gasteiger partial charge < -0.3 is 19.7 Å². The third-order valence-corrected chi connectivity index (χ3v) is 9.42. The molecule has 3 fully saturated rings. The number of hydrogen-bond acceptors (Lipinski definition) is 7. The van der Waals surface area contributed by atoms with Crippen LogP contribution in [0.3, 0.4) is 0 Å². The van der Waals surface area contributed by atoms with Crippen LogP contribution in [0.25, 0.3) is 11.0 Å². The zero-order chi connectivity index (χ0) is 28.2. The first-order valence-corrected chi connectivity index (χ1v) is 15.5. The van der Waals surface area contributed by atoms with E-state index in [1.165, 1.54) is 57.8 Å². The molecule has 0 spiro atoms. The summed E-state index contributed by atoms with van der Waals surface area (Å²) in [5.41, 5.74) is 2.11. The molecule has 1 aromatic heterocycles. The van der Waals surface area contributed by atoms with E-state index in [4.69, 9.17) is 4.74 Å². The van der Waals surface area contributed by atoms with Gasteiger partial charge in [0, 0.05) is 24.2 Å². The molecule has 2 bridgehead atoms. The molecule has 1 saturated carbocycles. The van der Waals surface area contributed by atoms with E-state index < -0.39 is 18.6 Å². The zero-order valence-electron chi connectivity index (χ0n) is 23.8. The van der Waals surface area contributed by atoms with Gasteiger partial charge in [-0.1, -0.05) is 74.6 Å². The number of aliphatic hydroxyl groups excluding tert-OH is 1. The van der Waals surface area contributed by atoms with Crippen LogP contribution in [0.2, 0.25) is 0 Å². The first-order valence-electron chi connectivity index (χ1n) is 15.5. The molecule has 0 unspecified atom stereocenters. The number of fused-ring (bicyclic) bond motifs is 3. The van der Waals surface area contributed by atoms with Crippen LogP contribution in [-0.4, -0.2) is 56.3 Å². The highest BCUT2D eigenvalue weighted by atomic mass is 16.5. The van der Waals surface area contributed by atoms with Crippen LogP contribution in [0.5, 0.6) is 0 Å². The molecule has 2 aliphatic heterocycles. The SMILES string of the molecule is O=C(OCc1ccccc1)[C@H](CO)Nc1nc2ccccc2n([C@@H]2C[C@H]3CC[C@@H](C2)N3C2CCCCCCC2)c1=O. The first-order chi connectivity index (χ1) is 20.1. The van der Waals surface area contributed by atoms with Crippen molar-refractivity contribution < 1.29 is 14.6 Å². The second-order valence-electron chi connectivity index (χ2n) is 12.1. The third kappa shape index (κ3) is 6.04. The molecular weight excluding hydrogens is 516 g/mol. The van der Waals surface area contributed by atoms with Gasteiger partial charge in [-0.15, -0.1) is 0 Å². The van der Waals surface area contributed by atoms with Crippen LogP contribution in [0.4, 0.5) is 5.82 Å². The lowest BCUT2D eigenvalue weighted by atomic mass is 9.89. The Kier molecular flexibility index (Phi) is 8.67. The normalized spacial score (nSPS) is 24.5. The maximum Gasteiger partial charge on any atom is 0.331 e. The van der Waals surface area contributed by atoms with Crippen molar-refractivity contribution in [1.29, 1.82) is 0 Å². The largest absolute Gasteiger partial charge is 0.459 e. The summed E-state index contributed by atoms with van der Waals surface area (Å²) in [6.45, 7) is -0.416. The Labute approximate surface area is 241 Å². The Hall–Kier alpha value is -3.23. The number of ether oxygens (including phenoxy) is 1. The van der Waals surface area contributed by atoms with Gasteiger partial charge in [-0.05, 0) is 56.2 Å². The fourth-order valence-corrected chi connectivity index (χ4v) is 7.51. The lowest BCUT2D eigenvalue weighted by molar-refractivity contribution is -0.146. The Morgan fingerprint density at radius 2 is 1.54 bits per heavy atom. The van der Waals surface area contributed by atoms with Crippen molar-refractivity contribution in [3.05, 3.63) is 70.5 Å². The number of hydrogen-bond donors (Lipinski definition) is 2. The molecule has 218 valence electrons. The summed E-state index contributed by atoms with van der Waals surface area (Å²) >= 11 is 0. The lowest BCUT2D eigenvalue weighted by Gasteiger charge is -2.45. The Bertz CT molecular complexity index is 1370. The minimum atomic E-state index is -1.09. The molecule has 8 nitrogen and oxygen atoms in total. The van der Waals surface area contributed by atoms with Gasteiger partial charge in [-0.2, -0.15) is 0 Å². The molecule has 3 aliphatic rings. The van der Waals surface area contributed by atoms with E-state index in [0.29, 0.717) is 23.6 Å². The number of aromatic nitrogens is 2. The number of carbonyl (C=O) groups is 1. The van der Waals surface area contributed by atoms with E-state index in [1.54, 1.807) is 0 Å². The first kappa shape index (κ1) is 27.9. The molecular formula is C33H42N4O4. The number of carbonyl (C=O) groups excluding carboxylic acids is 1. The van der Waals surface area contributed by atoms with E-state index in [9.17, 15) is 14.7 Å². The molecule has 2 aromatic carbocycles. The van der Waals surface area contributed by atoms with Gasteiger partial charge in [0.2, 0.25) is 0 Å². The molecule has 41 heavy (non-hydrogen) atoms. The van der Waals surface area contributed by atoms with Crippen molar-refractivity contribution in [2.75, 3.05) is 11.9 Å². The van der Waals surface area contributed by atoms with E-state index in [0.717, 1.165) is 23.9 Å². The summed E-state index contributed by atoms with van der Waals surface area (Å²) < 4.78 is 7.36. The summed E-state index contributed by atoms with van der Waals surface area (Å²) in [5.74, 6) is -0.544. The van der Waals surface area contributed by atoms with E-state index in [2.05, 4.69) is 15.2 Å². The summed E-state index contributed by atoms with van der Waals surface area (Å²) in [4.78, 5) is 34.3. The molecule has 3 heterocycles. The number of para-hydroxylation sites is 2. The van der Waals surface area contributed by atoms with E-state index in [1.807, 2.05) is 59.2 Å². The molecule has 3 aromatic rings. The summed E-state index contributed by atoms with van der Waals surface area (Å²) in [6.07, 6.45) is 13.6. The Balaban J connectivity index is 1.24. The number of aliphatic hydroxyl groups is 1. The number of nitrogens with one attached hydrogen (secondary N) is 1. The maximum absolute atomic E-state index is 14.0. The molecule has 0 radical (unpaired) electrons. The second kappa shape index (κ2) is 12.7. The molecule has 2 N–H and O–H groups in total. The highest BCUT2D eigenvalue weighted by Crippen LogP contribution is 2.44. The van der Waals surface area contributed by atoms with Crippen LogP contribution in [0, 0.1) is 0 Å². The van der Waals surface area contributed by atoms with Gasteiger partial charge in [0.05, 0.1) is 17.6 Å². The third-order valence-electron chi connectivity index (χ3n) is 9.42. The number of piperidine rings is 1. The summed E-state index contributed by atoms with van der Waals surface area (Å²) in [6, 6.07) is 17.7. The van der Waals surface area contributed by atoms with Crippen LogP contribution in [0.15, 0.2) is 59.4 Å². The minimum absolute atomic E-state index is 0.0656. The summed E-state index contributed by atoms with van der Waals surface area (Å²) in [7, 11) is 0. The van der Waals surface area contributed by atoms with Gasteiger partial charge in [0.25, 0.3) is 5.56 Å². The quantitative estimate of drug-likeness (QED) is 0.367. The smallest absolute Gasteiger partial charge is 0.331 e. The zero-order valence-corrected chi connectivity index (χ0v) is 23.8. The molecule has 2 saturated heterocycles. The number of rotatable bonds is 8. The molecule has 8 heteroatoms. The van der Waals surface area contributed by atoms with Gasteiger partial charge in [0.1, 0.15) is 12.6 Å². The lowest BCUT2D eigenvalue weighted by Crippen LogP contribution is -2.50. The molecule has 6 rings (SSSR count). The van der Waals surface area contributed by atoms with Gasteiger partial charge in [-0.3, -0.25) is 9.69 Å². The van der Waals surface area contributed by atoms with E-state index in [-0.39, 0.29) is 24.0 Å². The average Bonchev–Trinajstić information content (AvgIpc) is 3.23. The monoisotopic (exact) mass is 558 g/mol. The highest BCUT2D eigenvalue weighted by molar-refractivity contribution is 5.80. The maximum atomic E-state index is 14.0. The number of nitrogens with zero attached hydrogens (tertiary/aromatic N) is 3. The second-order valence-corrected chi connectivity index (χ2v) is 12.1. The predicted molar refractivity (Wildman–Crippen MR) is 160 cm³/mol. The molecule has 1 aliphatic carbocycles. The van der Waals surface area contributed by atoms with Crippen molar-refractivity contribution in [2.24, 2.45) is 0 Å². The van der Waals surface area contributed by atoms with Crippen LogP contribution in [-0.2, 0) is 16.1 Å². The average molecular weight is 559 g/mol.